The van der Waals surface area contributed by atoms with Crippen LogP contribution in [0.5, 0.6) is 0 Å². The second kappa shape index (κ2) is 3.40. The van der Waals surface area contributed by atoms with Crippen LogP contribution in [-0.4, -0.2) is 18.1 Å². The van der Waals surface area contributed by atoms with Crippen LogP contribution in [0.1, 0.15) is 23.2 Å². The Morgan fingerprint density at radius 2 is 2.00 bits per heavy atom. The molecule has 0 aliphatic heterocycles. The third kappa shape index (κ3) is 2.10. The Morgan fingerprint density at radius 1 is 1.36 bits per heavy atom. The standard InChI is InChI=1S/C11H12FNO/c12-11(6-7-11)8-13-10(14)9-4-2-1-3-5-9/h1-5H,6-8H2,(H,13,14). The number of nitrogens with one attached hydrogen (secondary N) is 1. The molecular weight excluding hydrogens is 181 g/mol. The minimum atomic E-state index is -1.12. The van der Waals surface area contributed by atoms with Crippen LogP contribution in [0.3, 0.4) is 0 Å². The number of benzene rings is 1. The smallest absolute Gasteiger partial charge is 0.251 e. The van der Waals surface area contributed by atoms with Crippen LogP contribution in [0.15, 0.2) is 30.3 Å². The summed E-state index contributed by atoms with van der Waals surface area (Å²) in [6.45, 7) is 0.140. The summed E-state index contributed by atoms with van der Waals surface area (Å²) < 4.78 is 13.2. The van der Waals surface area contributed by atoms with Gasteiger partial charge in [0, 0.05) is 5.56 Å². The topological polar surface area (TPSA) is 29.1 Å². The maximum atomic E-state index is 13.2. The van der Waals surface area contributed by atoms with Crippen LogP contribution >= 0.6 is 0 Å². The molecule has 1 aliphatic carbocycles. The summed E-state index contributed by atoms with van der Waals surface area (Å²) in [6, 6.07) is 8.85. The number of halogens is 1. The largest absolute Gasteiger partial charge is 0.349 e. The van der Waals surface area contributed by atoms with Gasteiger partial charge in [0.2, 0.25) is 0 Å². The van der Waals surface area contributed by atoms with Crippen molar-refractivity contribution in [2.24, 2.45) is 0 Å². The number of hydrogen-bond acceptors (Lipinski definition) is 1. The van der Waals surface area contributed by atoms with Crippen molar-refractivity contribution < 1.29 is 9.18 Å². The maximum Gasteiger partial charge on any atom is 0.251 e. The predicted octanol–water partition coefficient (Wildman–Crippen LogP) is 1.92. The quantitative estimate of drug-likeness (QED) is 0.780. The molecule has 0 saturated heterocycles. The molecule has 0 heterocycles. The molecule has 1 aliphatic rings. The second-order valence-electron chi connectivity index (χ2n) is 3.70. The molecule has 74 valence electrons. The van der Waals surface area contributed by atoms with E-state index in [1.165, 1.54) is 0 Å². The number of carbonyl (C=O) groups excluding carboxylic acids is 1. The van der Waals surface area contributed by atoms with E-state index in [0.717, 1.165) is 0 Å². The zero-order valence-corrected chi connectivity index (χ0v) is 7.79. The van der Waals surface area contributed by atoms with E-state index in [1.807, 2.05) is 6.07 Å². The summed E-state index contributed by atoms with van der Waals surface area (Å²) >= 11 is 0. The number of rotatable bonds is 3. The Hall–Kier alpha value is -1.38. The van der Waals surface area contributed by atoms with Crippen molar-refractivity contribution >= 4 is 5.91 Å². The summed E-state index contributed by atoms with van der Waals surface area (Å²) in [7, 11) is 0. The van der Waals surface area contributed by atoms with Crippen molar-refractivity contribution in [3.05, 3.63) is 35.9 Å². The fourth-order valence-corrected chi connectivity index (χ4v) is 1.24. The van der Waals surface area contributed by atoms with Crippen LogP contribution < -0.4 is 5.32 Å². The summed E-state index contributed by atoms with van der Waals surface area (Å²) in [5.74, 6) is -0.200. The average Bonchev–Trinajstić information content (AvgIpc) is 2.95. The molecule has 1 amide bonds. The van der Waals surface area contributed by atoms with E-state index < -0.39 is 5.67 Å². The van der Waals surface area contributed by atoms with E-state index in [4.69, 9.17) is 0 Å². The van der Waals surface area contributed by atoms with Gasteiger partial charge in [-0.25, -0.2) is 4.39 Å². The van der Waals surface area contributed by atoms with Crippen LogP contribution in [0, 0.1) is 0 Å². The highest BCUT2D eigenvalue weighted by atomic mass is 19.1. The van der Waals surface area contributed by atoms with Gasteiger partial charge in [0.05, 0.1) is 6.54 Å². The molecule has 0 radical (unpaired) electrons. The first-order valence-corrected chi connectivity index (χ1v) is 4.72. The van der Waals surface area contributed by atoms with E-state index in [9.17, 15) is 9.18 Å². The van der Waals surface area contributed by atoms with Gasteiger partial charge in [0.1, 0.15) is 5.67 Å². The lowest BCUT2D eigenvalue weighted by atomic mass is 10.2. The van der Waals surface area contributed by atoms with Crippen LogP contribution in [0.4, 0.5) is 4.39 Å². The van der Waals surface area contributed by atoms with Crippen molar-refractivity contribution in [2.45, 2.75) is 18.5 Å². The molecular formula is C11H12FNO. The number of alkyl halides is 1. The summed E-state index contributed by atoms with van der Waals surface area (Å²) in [5, 5.41) is 2.59. The Labute approximate surface area is 82.1 Å². The van der Waals surface area contributed by atoms with Crippen molar-refractivity contribution in [3.63, 3.8) is 0 Å². The fraction of sp³-hybridized carbons (Fsp3) is 0.364. The lowest BCUT2D eigenvalue weighted by Gasteiger charge is -2.07. The molecule has 1 aromatic carbocycles. The Morgan fingerprint density at radius 3 is 2.57 bits per heavy atom. The van der Waals surface area contributed by atoms with E-state index in [0.29, 0.717) is 18.4 Å². The Bertz CT molecular complexity index is 332. The summed E-state index contributed by atoms with van der Waals surface area (Å²) in [4.78, 5) is 11.4. The minimum absolute atomic E-state index is 0.140. The third-order valence-electron chi connectivity index (χ3n) is 2.39. The lowest BCUT2D eigenvalue weighted by Crippen LogP contribution is -2.31. The zero-order chi connectivity index (χ0) is 10.0. The van der Waals surface area contributed by atoms with E-state index in [1.54, 1.807) is 24.3 Å². The highest BCUT2D eigenvalue weighted by Crippen LogP contribution is 2.38. The SMILES string of the molecule is O=C(NCC1(F)CC1)c1ccccc1. The average molecular weight is 193 g/mol. The van der Waals surface area contributed by atoms with E-state index >= 15 is 0 Å². The Balaban J connectivity index is 1.90. The maximum absolute atomic E-state index is 13.2. The number of amides is 1. The molecule has 1 saturated carbocycles. The second-order valence-corrected chi connectivity index (χ2v) is 3.70. The van der Waals surface area contributed by atoms with Gasteiger partial charge >= 0.3 is 0 Å². The number of carbonyl (C=O) groups is 1. The van der Waals surface area contributed by atoms with Gasteiger partial charge in [-0.2, -0.15) is 0 Å². The van der Waals surface area contributed by atoms with Crippen LogP contribution in [0.25, 0.3) is 0 Å². The normalized spacial score (nSPS) is 17.5. The van der Waals surface area contributed by atoms with Gasteiger partial charge < -0.3 is 5.32 Å². The van der Waals surface area contributed by atoms with Gasteiger partial charge in [-0.15, -0.1) is 0 Å². The fourth-order valence-electron chi connectivity index (χ4n) is 1.24. The van der Waals surface area contributed by atoms with Gasteiger partial charge in [-0.05, 0) is 25.0 Å². The molecule has 0 spiro atoms. The highest BCUT2D eigenvalue weighted by Gasteiger charge is 2.43. The first-order chi connectivity index (χ1) is 6.70. The first kappa shape index (κ1) is 9.19. The zero-order valence-electron chi connectivity index (χ0n) is 7.79. The molecule has 3 heteroatoms. The summed E-state index contributed by atoms with van der Waals surface area (Å²) in [5.41, 5.74) is -0.540. The molecule has 1 N–H and O–H groups in total. The monoisotopic (exact) mass is 193 g/mol. The van der Waals surface area contributed by atoms with Crippen molar-refractivity contribution in [1.29, 1.82) is 0 Å². The molecule has 1 fully saturated rings. The van der Waals surface area contributed by atoms with Crippen LogP contribution in [0.2, 0.25) is 0 Å². The van der Waals surface area contributed by atoms with Gasteiger partial charge in [0.15, 0.2) is 0 Å². The highest BCUT2D eigenvalue weighted by molar-refractivity contribution is 5.94. The first-order valence-electron chi connectivity index (χ1n) is 4.72. The van der Waals surface area contributed by atoms with Gasteiger partial charge in [0.25, 0.3) is 5.91 Å². The van der Waals surface area contributed by atoms with Crippen molar-refractivity contribution in [1.82, 2.24) is 5.32 Å². The molecule has 2 rings (SSSR count). The van der Waals surface area contributed by atoms with Gasteiger partial charge in [-0.3, -0.25) is 4.79 Å². The molecule has 0 unspecified atom stereocenters. The Kier molecular flexibility index (Phi) is 2.23. The molecule has 1 aromatic rings. The van der Waals surface area contributed by atoms with E-state index in [2.05, 4.69) is 5.32 Å². The lowest BCUT2D eigenvalue weighted by molar-refractivity contribution is 0.0938. The van der Waals surface area contributed by atoms with Gasteiger partial charge in [-0.1, -0.05) is 18.2 Å². The molecule has 0 bridgehead atoms. The minimum Gasteiger partial charge on any atom is -0.349 e. The number of hydrogen-bond donors (Lipinski definition) is 1. The summed E-state index contributed by atoms with van der Waals surface area (Å²) in [6.07, 6.45) is 1.14. The molecule has 2 nitrogen and oxygen atoms in total. The third-order valence-corrected chi connectivity index (χ3v) is 2.39. The molecule has 14 heavy (non-hydrogen) atoms. The van der Waals surface area contributed by atoms with Crippen LogP contribution in [-0.2, 0) is 0 Å². The molecule has 0 atom stereocenters. The predicted molar refractivity (Wildman–Crippen MR) is 51.8 cm³/mol. The van der Waals surface area contributed by atoms with Crippen molar-refractivity contribution in [3.8, 4) is 0 Å². The van der Waals surface area contributed by atoms with E-state index in [-0.39, 0.29) is 12.5 Å². The molecule has 0 aromatic heterocycles. The van der Waals surface area contributed by atoms with Crippen molar-refractivity contribution in [2.75, 3.05) is 6.54 Å².